The van der Waals surface area contributed by atoms with E-state index in [0.29, 0.717) is 17.2 Å². The number of hydrogen-bond acceptors (Lipinski definition) is 5. The number of para-hydroxylation sites is 2. The van der Waals surface area contributed by atoms with Gasteiger partial charge in [0.1, 0.15) is 22.5 Å². The van der Waals surface area contributed by atoms with Gasteiger partial charge in [0.2, 0.25) is 0 Å². The van der Waals surface area contributed by atoms with Crippen LogP contribution in [0.5, 0.6) is 17.2 Å². The van der Waals surface area contributed by atoms with Crippen LogP contribution in [-0.2, 0) is 0 Å². The number of pyridine rings is 2. The molecule has 0 saturated carbocycles. The maximum absolute atomic E-state index is 6.50. The van der Waals surface area contributed by atoms with Gasteiger partial charge in [-0.15, -0.1) is 0 Å². The number of fused-ring (bicyclic) bond motifs is 2. The molecule has 0 aliphatic carbocycles. The predicted molar refractivity (Wildman–Crippen MR) is 163 cm³/mol. The Balaban J connectivity index is 1.33. The lowest BCUT2D eigenvalue weighted by atomic mass is 10.0. The lowest BCUT2D eigenvalue weighted by Crippen LogP contribution is -2.37. The molecule has 0 amide bonds. The van der Waals surface area contributed by atoms with Gasteiger partial charge in [0.05, 0.1) is 5.75 Å². The first-order valence-electron chi connectivity index (χ1n) is 13.1. The Bertz CT molecular complexity index is 1730. The van der Waals surface area contributed by atoms with Crippen LogP contribution in [0.1, 0.15) is 17.0 Å². The second-order valence-corrected chi connectivity index (χ2v) is 10.8. The molecular weight excluding hydrogens is 511 g/mol. The van der Waals surface area contributed by atoms with E-state index in [1.807, 2.05) is 105 Å². The molecule has 0 radical (unpaired) electrons. The first-order chi connectivity index (χ1) is 19.6. The van der Waals surface area contributed by atoms with Gasteiger partial charge in [-0.05, 0) is 66.9 Å². The first-order valence-corrected chi connectivity index (χ1v) is 14.5. The van der Waals surface area contributed by atoms with Gasteiger partial charge in [0, 0.05) is 22.2 Å². The number of benzene rings is 4. The molecule has 194 valence electrons. The van der Waals surface area contributed by atoms with E-state index in [-0.39, 0.29) is 0 Å². The van der Waals surface area contributed by atoms with Gasteiger partial charge >= 0.3 is 15.1 Å². The van der Waals surface area contributed by atoms with E-state index in [0.717, 1.165) is 49.9 Å². The number of hydrogen-bond donors (Lipinski definition) is 0. The maximum Gasteiger partial charge on any atom is 1.20 e. The quantitative estimate of drug-likeness (QED) is 0.183. The number of nitrogens with zero attached hydrogens (tertiary/aromatic N) is 2. The molecule has 0 aliphatic heterocycles. The number of aromatic nitrogens is 2. The largest absolute Gasteiger partial charge is 1.20 e. The van der Waals surface area contributed by atoms with Crippen LogP contribution in [0.25, 0.3) is 39.0 Å². The molecule has 2 aromatic heterocycles. The van der Waals surface area contributed by atoms with E-state index in [9.17, 15) is 0 Å². The lowest BCUT2D eigenvalue weighted by molar-refractivity contribution is 0.310. The minimum Gasteiger partial charge on any atom is -0.577 e. The van der Waals surface area contributed by atoms with Crippen molar-refractivity contribution >= 4 is 43.0 Å². The third-order valence-corrected chi connectivity index (χ3v) is 8.02. The van der Waals surface area contributed by atoms with Crippen molar-refractivity contribution < 1.29 is 11.4 Å². The van der Waals surface area contributed by atoms with Crippen molar-refractivity contribution in [2.24, 2.45) is 0 Å². The van der Waals surface area contributed by atoms with Crippen LogP contribution >= 0.6 is 0 Å². The van der Waals surface area contributed by atoms with E-state index in [1.165, 1.54) is 0 Å². The van der Waals surface area contributed by atoms with E-state index < -0.39 is 15.1 Å². The van der Waals surface area contributed by atoms with Gasteiger partial charge in [-0.2, -0.15) is 0 Å². The minimum absolute atomic E-state index is 0.626. The van der Waals surface area contributed by atoms with E-state index in [2.05, 4.69) is 30.8 Å². The average Bonchev–Trinajstić information content (AvgIpc) is 2.98. The SMILES string of the molecule is C=Cc1ccc(-c2ccc([O][Al]([O]c3cccc4ccc(C)nc34)[O]c3cccc4ccc(C)nc34)cc2)cc1. The Kier molecular flexibility index (Phi) is 7.20. The van der Waals surface area contributed by atoms with Gasteiger partial charge in [-0.3, -0.25) is 0 Å². The number of aryl methyl sites for hydroxylation is 2. The second kappa shape index (κ2) is 11.2. The van der Waals surface area contributed by atoms with Crippen LogP contribution in [0, 0.1) is 13.8 Å². The summed E-state index contributed by atoms with van der Waals surface area (Å²) < 4.78 is 19.4. The molecule has 2 heterocycles. The molecule has 0 atom stereocenters. The van der Waals surface area contributed by atoms with Crippen molar-refractivity contribution in [2.75, 3.05) is 0 Å². The number of rotatable bonds is 8. The summed E-state index contributed by atoms with van der Waals surface area (Å²) in [6, 6.07) is 36.1. The lowest BCUT2D eigenvalue weighted by Gasteiger charge is -2.18. The summed E-state index contributed by atoms with van der Waals surface area (Å²) in [5.41, 5.74) is 6.67. The summed E-state index contributed by atoms with van der Waals surface area (Å²) in [6.07, 6.45) is 1.84. The van der Waals surface area contributed by atoms with E-state index in [4.69, 9.17) is 21.3 Å². The van der Waals surface area contributed by atoms with Crippen LogP contribution in [0.2, 0.25) is 0 Å². The Hall–Kier alpha value is -4.63. The Morgan fingerprint density at radius 1 is 0.575 bits per heavy atom. The summed E-state index contributed by atoms with van der Waals surface area (Å²) in [6.45, 7) is 7.76. The van der Waals surface area contributed by atoms with Crippen LogP contribution in [0.4, 0.5) is 0 Å². The molecule has 6 heteroatoms. The van der Waals surface area contributed by atoms with Crippen molar-refractivity contribution in [2.45, 2.75) is 13.8 Å². The van der Waals surface area contributed by atoms with Crippen molar-refractivity contribution in [1.29, 1.82) is 0 Å². The summed E-state index contributed by atoms with van der Waals surface area (Å²) in [5, 5.41) is 1.98. The zero-order valence-electron chi connectivity index (χ0n) is 22.4. The highest BCUT2D eigenvalue weighted by molar-refractivity contribution is 6.40. The third-order valence-electron chi connectivity index (χ3n) is 6.66. The van der Waals surface area contributed by atoms with Crippen molar-refractivity contribution in [3.05, 3.63) is 133 Å². The van der Waals surface area contributed by atoms with Crippen molar-refractivity contribution in [1.82, 2.24) is 9.97 Å². The van der Waals surface area contributed by atoms with E-state index >= 15 is 0 Å². The van der Waals surface area contributed by atoms with Gasteiger partial charge < -0.3 is 11.4 Å². The van der Waals surface area contributed by atoms with Gasteiger partial charge in [0.25, 0.3) is 0 Å². The van der Waals surface area contributed by atoms with Crippen LogP contribution < -0.4 is 11.4 Å². The Morgan fingerprint density at radius 2 is 1.07 bits per heavy atom. The molecule has 0 saturated heterocycles. The Labute approximate surface area is 238 Å². The zero-order chi connectivity index (χ0) is 27.5. The minimum atomic E-state index is -2.85. The molecule has 0 N–H and O–H groups in total. The maximum atomic E-state index is 6.50. The molecule has 0 unspecified atom stereocenters. The highest BCUT2D eigenvalue weighted by atomic mass is 27.3. The highest BCUT2D eigenvalue weighted by Crippen LogP contribution is 2.29. The zero-order valence-corrected chi connectivity index (χ0v) is 23.5. The molecule has 0 spiro atoms. The predicted octanol–water partition coefficient (Wildman–Crippen LogP) is 8.23. The van der Waals surface area contributed by atoms with Crippen molar-refractivity contribution in [3.63, 3.8) is 0 Å². The second-order valence-electron chi connectivity index (χ2n) is 9.55. The van der Waals surface area contributed by atoms with Gasteiger partial charge in [0.15, 0.2) is 0 Å². The molecule has 0 fully saturated rings. The van der Waals surface area contributed by atoms with Crippen LogP contribution in [0.3, 0.4) is 0 Å². The first kappa shape index (κ1) is 25.6. The summed E-state index contributed by atoms with van der Waals surface area (Å²) in [5.74, 6) is 1.92. The molecule has 0 aliphatic rings. The van der Waals surface area contributed by atoms with Crippen LogP contribution in [0.15, 0.2) is 116 Å². The molecule has 4 aromatic carbocycles. The standard InChI is InChI=1S/C14H12O.2C10H9NO.Al/c1-2-11-3-5-12(6-4-11)13-7-9-14(15)10-8-13;2*1-7-5-6-8-3-2-4-9(12)10(8)11-7;/h2-10,15H,1H2;2*2-6,12H,1H3;/q;;;+3/p-3. The average molecular weight is 539 g/mol. The fraction of sp³-hybridized carbons (Fsp3) is 0.0588. The third kappa shape index (κ3) is 5.55. The Morgan fingerprint density at radius 3 is 1.57 bits per heavy atom. The molecule has 0 bridgehead atoms. The topological polar surface area (TPSA) is 53.5 Å². The summed E-state index contributed by atoms with van der Waals surface area (Å²) >= 11 is -2.85. The van der Waals surface area contributed by atoms with Gasteiger partial charge in [-0.25, -0.2) is 9.97 Å². The molecule has 5 nitrogen and oxygen atoms in total. The molecule has 40 heavy (non-hydrogen) atoms. The normalized spacial score (nSPS) is 10.8. The van der Waals surface area contributed by atoms with Crippen LogP contribution in [-0.4, -0.2) is 25.1 Å². The highest BCUT2D eigenvalue weighted by Gasteiger charge is 2.45. The smallest absolute Gasteiger partial charge is 0.577 e. The molecular formula is C34H27AlN2O3. The van der Waals surface area contributed by atoms with Gasteiger partial charge in [-0.1, -0.05) is 85.5 Å². The molecule has 6 rings (SSSR count). The monoisotopic (exact) mass is 538 g/mol. The summed E-state index contributed by atoms with van der Waals surface area (Å²) in [4.78, 5) is 9.46. The van der Waals surface area contributed by atoms with E-state index in [1.54, 1.807) is 0 Å². The molecule has 6 aromatic rings. The fourth-order valence-electron chi connectivity index (χ4n) is 4.55. The van der Waals surface area contributed by atoms with Crippen molar-refractivity contribution in [3.8, 4) is 28.4 Å². The fourth-order valence-corrected chi connectivity index (χ4v) is 5.87. The summed E-state index contributed by atoms with van der Waals surface area (Å²) in [7, 11) is 0.